The van der Waals surface area contributed by atoms with Crippen molar-refractivity contribution in [2.45, 2.75) is 63.8 Å². The maximum absolute atomic E-state index is 13.8. The first-order valence-electron chi connectivity index (χ1n) is 13.6. The highest BCUT2D eigenvalue weighted by Gasteiger charge is 2.48. The minimum absolute atomic E-state index is 0.179. The van der Waals surface area contributed by atoms with Crippen molar-refractivity contribution >= 4 is 44.9 Å². The van der Waals surface area contributed by atoms with Crippen molar-refractivity contribution in [1.29, 1.82) is 0 Å². The minimum atomic E-state index is -0.803. The zero-order valence-electron chi connectivity index (χ0n) is 23.0. The average molecular weight is 612 g/mol. The van der Waals surface area contributed by atoms with Gasteiger partial charge in [0, 0.05) is 60.5 Å². The van der Waals surface area contributed by atoms with E-state index in [0.717, 1.165) is 26.5 Å². The lowest BCUT2D eigenvalue weighted by Gasteiger charge is -2.38. The van der Waals surface area contributed by atoms with Gasteiger partial charge in [0.2, 0.25) is 5.91 Å². The molecule has 0 radical (unpaired) electrons. The first-order chi connectivity index (χ1) is 19.0. The summed E-state index contributed by atoms with van der Waals surface area (Å²) in [5.41, 5.74) is 1.61. The zero-order chi connectivity index (χ0) is 28.5. The van der Waals surface area contributed by atoms with Crippen LogP contribution in [-0.4, -0.2) is 69.8 Å². The summed E-state index contributed by atoms with van der Waals surface area (Å²) in [4.78, 5) is 46.0. The van der Waals surface area contributed by atoms with E-state index < -0.39 is 23.3 Å². The fourth-order valence-corrected chi connectivity index (χ4v) is 5.90. The van der Waals surface area contributed by atoms with Crippen molar-refractivity contribution in [1.82, 2.24) is 20.1 Å². The SMILES string of the molecule is CC(C)(C)OC(=O)NC(Cc1c[nH]c2ccccc12)C(=O)N1CCC2(CC1)CN(Cc1cccc(Br)c1)C(=O)O2. The van der Waals surface area contributed by atoms with Gasteiger partial charge in [0.1, 0.15) is 17.2 Å². The number of carbonyl (C=O) groups is 3. The number of nitrogens with zero attached hydrogens (tertiary/aromatic N) is 2. The average Bonchev–Trinajstić information content (AvgIpc) is 3.43. The number of likely N-dealkylation sites (tertiary alicyclic amines) is 1. The molecular formula is C30H35BrN4O5. The number of piperidine rings is 1. The minimum Gasteiger partial charge on any atom is -0.444 e. The number of benzene rings is 2. The van der Waals surface area contributed by atoms with E-state index in [9.17, 15) is 14.4 Å². The third kappa shape index (κ3) is 6.43. The molecule has 2 N–H and O–H groups in total. The molecule has 3 aromatic rings. The molecule has 40 heavy (non-hydrogen) atoms. The lowest BCUT2D eigenvalue weighted by Crippen LogP contribution is -2.55. The third-order valence-electron chi connectivity index (χ3n) is 7.38. The Morgan fingerprint density at radius 2 is 1.90 bits per heavy atom. The number of aromatic amines is 1. The molecule has 3 heterocycles. The van der Waals surface area contributed by atoms with Gasteiger partial charge in [-0.3, -0.25) is 9.69 Å². The Morgan fingerprint density at radius 3 is 2.62 bits per heavy atom. The summed E-state index contributed by atoms with van der Waals surface area (Å²) in [7, 11) is 0. The molecule has 1 unspecified atom stereocenters. The second kappa shape index (κ2) is 11.2. The predicted molar refractivity (Wildman–Crippen MR) is 155 cm³/mol. The number of hydrogen-bond donors (Lipinski definition) is 2. The van der Waals surface area contributed by atoms with Crippen LogP contribution in [0.15, 0.2) is 59.2 Å². The molecule has 212 valence electrons. The summed E-state index contributed by atoms with van der Waals surface area (Å²) in [5, 5.41) is 3.82. The van der Waals surface area contributed by atoms with E-state index >= 15 is 0 Å². The number of aromatic nitrogens is 1. The van der Waals surface area contributed by atoms with Crippen molar-refractivity contribution < 1.29 is 23.9 Å². The van der Waals surface area contributed by atoms with Gasteiger partial charge >= 0.3 is 12.2 Å². The second-order valence-corrected chi connectivity index (χ2v) is 12.5. The molecule has 2 saturated heterocycles. The van der Waals surface area contributed by atoms with Crippen LogP contribution >= 0.6 is 15.9 Å². The van der Waals surface area contributed by atoms with Crippen LogP contribution in [0.4, 0.5) is 9.59 Å². The first kappa shape index (κ1) is 28.0. The number of nitrogens with one attached hydrogen (secondary N) is 2. The van der Waals surface area contributed by atoms with Gasteiger partial charge in [0.25, 0.3) is 0 Å². The van der Waals surface area contributed by atoms with E-state index in [2.05, 4.69) is 26.2 Å². The molecule has 9 nitrogen and oxygen atoms in total. The zero-order valence-corrected chi connectivity index (χ0v) is 24.6. The Hall–Kier alpha value is -3.53. The predicted octanol–water partition coefficient (Wildman–Crippen LogP) is 5.38. The highest BCUT2D eigenvalue weighted by Crippen LogP contribution is 2.34. The molecule has 0 saturated carbocycles. The molecule has 1 spiro atoms. The van der Waals surface area contributed by atoms with Crippen LogP contribution in [0.2, 0.25) is 0 Å². The number of fused-ring (bicyclic) bond motifs is 1. The monoisotopic (exact) mass is 610 g/mol. The van der Waals surface area contributed by atoms with E-state index in [4.69, 9.17) is 9.47 Å². The van der Waals surface area contributed by atoms with Crippen LogP contribution in [0.25, 0.3) is 10.9 Å². The number of alkyl carbamates (subject to hydrolysis) is 1. The fourth-order valence-electron chi connectivity index (χ4n) is 5.46. The third-order valence-corrected chi connectivity index (χ3v) is 7.87. The number of carbonyl (C=O) groups excluding carboxylic acids is 3. The van der Waals surface area contributed by atoms with Crippen LogP contribution in [0.3, 0.4) is 0 Å². The van der Waals surface area contributed by atoms with E-state index in [0.29, 0.717) is 45.4 Å². The standard InChI is InChI=1S/C30H35BrN4O5/c1-29(2,3)39-27(37)33-25(16-21-17-32-24-10-5-4-9-23(21)24)26(36)34-13-11-30(12-14-34)19-35(28(38)40-30)18-20-7-6-8-22(31)15-20/h4-10,15,17,25,32H,11-14,16,18-19H2,1-3H3,(H,33,37). The number of hydrogen-bond acceptors (Lipinski definition) is 5. The Balaban J connectivity index is 1.26. The van der Waals surface area contributed by atoms with Crippen molar-refractivity contribution in [3.8, 4) is 0 Å². The maximum atomic E-state index is 13.8. The van der Waals surface area contributed by atoms with E-state index in [1.807, 2.05) is 54.7 Å². The molecule has 5 rings (SSSR count). The summed E-state index contributed by atoms with van der Waals surface area (Å²) >= 11 is 3.48. The molecule has 2 aromatic carbocycles. The van der Waals surface area contributed by atoms with Crippen LogP contribution < -0.4 is 5.32 Å². The molecule has 10 heteroatoms. The van der Waals surface area contributed by atoms with Gasteiger partial charge in [0.05, 0.1) is 6.54 Å². The van der Waals surface area contributed by atoms with E-state index in [-0.39, 0.29) is 12.0 Å². The van der Waals surface area contributed by atoms with Crippen LogP contribution in [0, 0.1) is 0 Å². The molecule has 1 atom stereocenters. The van der Waals surface area contributed by atoms with Crippen molar-refractivity contribution in [2.75, 3.05) is 19.6 Å². The van der Waals surface area contributed by atoms with Gasteiger partial charge in [0.15, 0.2) is 0 Å². The number of rotatable bonds is 6. The van der Waals surface area contributed by atoms with Crippen LogP contribution in [-0.2, 0) is 27.2 Å². The van der Waals surface area contributed by atoms with Gasteiger partial charge in [-0.05, 0) is 50.1 Å². The molecule has 1 aromatic heterocycles. The largest absolute Gasteiger partial charge is 0.444 e. The van der Waals surface area contributed by atoms with Gasteiger partial charge in [-0.2, -0.15) is 0 Å². The van der Waals surface area contributed by atoms with Crippen LogP contribution in [0.1, 0.15) is 44.7 Å². The van der Waals surface area contributed by atoms with Gasteiger partial charge in [-0.1, -0.05) is 46.3 Å². The smallest absolute Gasteiger partial charge is 0.410 e. The Bertz CT molecular complexity index is 1410. The lowest BCUT2D eigenvalue weighted by atomic mass is 9.90. The normalized spacial score (nSPS) is 17.6. The number of para-hydroxylation sites is 1. The molecule has 2 aliphatic heterocycles. The van der Waals surface area contributed by atoms with Crippen molar-refractivity contribution in [3.63, 3.8) is 0 Å². The highest BCUT2D eigenvalue weighted by atomic mass is 79.9. The number of H-pyrrole nitrogens is 1. The number of amides is 3. The summed E-state index contributed by atoms with van der Waals surface area (Å²) in [6, 6.07) is 14.9. The van der Waals surface area contributed by atoms with Gasteiger partial charge in [-0.25, -0.2) is 9.59 Å². The number of ether oxygens (including phenoxy) is 2. The van der Waals surface area contributed by atoms with Gasteiger partial charge < -0.3 is 24.7 Å². The van der Waals surface area contributed by atoms with Crippen LogP contribution in [0.5, 0.6) is 0 Å². The Morgan fingerprint density at radius 1 is 1.15 bits per heavy atom. The first-order valence-corrected chi connectivity index (χ1v) is 14.4. The Labute approximate surface area is 242 Å². The Kier molecular flexibility index (Phi) is 7.81. The van der Waals surface area contributed by atoms with Crippen molar-refractivity contribution in [2.24, 2.45) is 0 Å². The van der Waals surface area contributed by atoms with E-state index in [1.54, 1.807) is 30.6 Å². The lowest BCUT2D eigenvalue weighted by molar-refractivity contribution is -0.136. The molecular weight excluding hydrogens is 576 g/mol. The van der Waals surface area contributed by atoms with Gasteiger partial charge in [-0.15, -0.1) is 0 Å². The fraction of sp³-hybridized carbons (Fsp3) is 0.433. The topological polar surface area (TPSA) is 104 Å². The molecule has 2 aliphatic rings. The second-order valence-electron chi connectivity index (χ2n) is 11.6. The molecule has 0 bridgehead atoms. The summed E-state index contributed by atoms with van der Waals surface area (Å²) in [6.45, 7) is 7.17. The van der Waals surface area contributed by atoms with Crippen molar-refractivity contribution in [3.05, 3.63) is 70.3 Å². The summed E-state index contributed by atoms with van der Waals surface area (Å²) in [6.07, 6.45) is 2.30. The highest BCUT2D eigenvalue weighted by molar-refractivity contribution is 9.10. The number of halogens is 1. The summed E-state index contributed by atoms with van der Waals surface area (Å²) in [5.74, 6) is -0.179. The van der Waals surface area contributed by atoms with E-state index in [1.165, 1.54) is 0 Å². The summed E-state index contributed by atoms with van der Waals surface area (Å²) < 4.78 is 12.3. The quantitative estimate of drug-likeness (QED) is 0.390. The molecule has 3 amide bonds. The molecule has 2 fully saturated rings. The molecule has 0 aliphatic carbocycles. The maximum Gasteiger partial charge on any atom is 0.410 e.